The molecule has 6 rings (SSSR count). The van der Waals surface area contributed by atoms with Crippen LogP contribution in [0.2, 0.25) is 5.02 Å². The Balaban J connectivity index is 1.37. The molecule has 1 unspecified atom stereocenters. The van der Waals surface area contributed by atoms with Gasteiger partial charge in [-0.15, -0.1) is 13.2 Å². The first-order valence-corrected chi connectivity index (χ1v) is 15.5. The molecule has 1 spiro atoms. The van der Waals surface area contributed by atoms with E-state index in [1.807, 2.05) is 0 Å². The van der Waals surface area contributed by atoms with Gasteiger partial charge >= 0.3 is 12.3 Å². The summed E-state index contributed by atoms with van der Waals surface area (Å²) in [5.74, 6) is -1.44. The van der Waals surface area contributed by atoms with E-state index in [4.69, 9.17) is 21.2 Å². The van der Waals surface area contributed by atoms with Crippen LogP contribution >= 0.6 is 11.6 Å². The first-order valence-electron chi connectivity index (χ1n) is 15.1. The lowest BCUT2D eigenvalue weighted by atomic mass is 9.99. The fourth-order valence-corrected chi connectivity index (χ4v) is 5.89. The second-order valence-corrected chi connectivity index (χ2v) is 13.1. The smallest absolute Gasteiger partial charge is 0.497 e. The molecule has 0 radical (unpaired) electrons. The number of alkyl halides is 3. The monoisotopic (exact) mass is 671 g/mol. The molecule has 47 heavy (non-hydrogen) atoms. The molecular formula is C34H33ClF3N3O6. The zero-order valence-corrected chi connectivity index (χ0v) is 26.6. The molecule has 3 aromatic carbocycles. The number of anilines is 2. The molecule has 9 nitrogen and oxygen atoms in total. The van der Waals surface area contributed by atoms with Gasteiger partial charge in [0.2, 0.25) is 5.60 Å². The van der Waals surface area contributed by atoms with Crippen LogP contribution in [0.1, 0.15) is 62.3 Å². The summed E-state index contributed by atoms with van der Waals surface area (Å²) in [4.78, 5) is 33.1. The Labute approximate surface area is 274 Å². The molecule has 0 saturated heterocycles. The average molecular weight is 672 g/mol. The molecule has 0 aromatic heterocycles. The lowest BCUT2D eigenvalue weighted by Gasteiger charge is -2.27. The number of hydrogen-bond acceptors (Lipinski definition) is 7. The number of carbonyl (C=O) groups is 2. The van der Waals surface area contributed by atoms with Crippen LogP contribution in [0.4, 0.5) is 24.5 Å². The lowest BCUT2D eigenvalue weighted by Crippen LogP contribution is -2.38. The van der Waals surface area contributed by atoms with Crippen LogP contribution in [0.3, 0.4) is 0 Å². The number of benzene rings is 3. The van der Waals surface area contributed by atoms with Gasteiger partial charge in [0.15, 0.2) is 0 Å². The number of amides is 1. The maximum Gasteiger partial charge on any atom is 0.573 e. The third-order valence-corrected chi connectivity index (χ3v) is 8.95. The van der Waals surface area contributed by atoms with Crippen molar-refractivity contribution in [2.75, 3.05) is 23.9 Å². The number of aliphatic carboxylic acids is 1. The third-order valence-electron chi connectivity index (χ3n) is 8.70. The molecule has 248 valence electrons. The van der Waals surface area contributed by atoms with E-state index in [0.717, 1.165) is 31.2 Å². The molecular weight excluding hydrogens is 639 g/mol. The second kappa shape index (κ2) is 12.0. The summed E-state index contributed by atoms with van der Waals surface area (Å²) in [7, 11) is 1.50. The summed E-state index contributed by atoms with van der Waals surface area (Å²) in [6.45, 7) is 3.14. The highest BCUT2D eigenvalue weighted by atomic mass is 35.5. The van der Waals surface area contributed by atoms with E-state index in [1.54, 1.807) is 48.5 Å². The predicted molar refractivity (Wildman–Crippen MR) is 169 cm³/mol. The van der Waals surface area contributed by atoms with E-state index >= 15 is 0 Å². The molecule has 0 bridgehead atoms. The number of ether oxygens (including phenoxy) is 2. The van der Waals surface area contributed by atoms with Gasteiger partial charge in [0.05, 0.1) is 18.5 Å². The van der Waals surface area contributed by atoms with Crippen molar-refractivity contribution in [3.05, 3.63) is 82.4 Å². The summed E-state index contributed by atoms with van der Waals surface area (Å²) in [5, 5.41) is 17.6. The molecule has 1 atom stereocenters. The Hall–Kier alpha value is -4.45. The van der Waals surface area contributed by atoms with Gasteiger partial charge < -0.3 is 29.6 Å². The molecule has 3 aromatic rings. The quantitative estimate of drug-likeness (QED) is 0.161. The van der Waals surface area contributed by atoms with Crippen molar-refractivity contribution in [3.8, 4) is 11.5 Å². The van der Waals surface area contributed by atoms with Crippen LogP contribution in [0.25, 0.3) is 0 Å². The normalized spacial score (nSPS) is 17.6. The van der Waals surface area contributed by atoms with E-state index in [1.165, 1.54) is 38.0 Å². The summed E-state index contributed by atoms with van der Waals surface area (Å²) in [6.07, 6.45) is -1.57. The van der Waals surface area contributed by atoms with E-state index < -0.39 is 29.7 Å². The summed E-state index contributed by atoms with van der Waals surface area (Å²) >= 11 is 6.18. The van der Waals surface area contributed by atoms with Crippen LogP contribution in [-0.4, -0.2) is 48.3 Å². The van der Waals surface area contributed by atoms with Crippen molar-refractivity contribution in [3.63, 3.8) is 0 Å². The van der Waals surface area contributed by atoms with Gasteiger partial charge in [0, 0.05) is 46.3 Å². The molecule has 2 saturated carbocycles. The number of nitrogens with one attached hydrogen (secondary N) is 1. The predicted octanol–water partition coefficient (Wildman–Crippen LogP) is 7.47. The van der Waals surface area contributed by atoms with Crippen LogP contribution in [-0.2, 0) is 19.8 Å². The molecule has 2 fully saturated rings. The van der Waals surface area contributed by atoms with Crippen molar-refractivity contribution in [2.24, 2.45) is 11.1 Å². The summed E-state index contributed by atoms with van der Waals surface area (Å²) in [6, 6.07) is 15.2. The highest BCUT2D eigenvalue weighted by Crippen LogP contribution is 2.57. The number of nitrogens with zero attached hydrogens (tertiary/aromatic N) is 2. The zero-order valence-electron chi connectivity index (χ0n) is 25.9. The van der Waals surface area contributed by atoms with Gasteiger partial charge in [-0.25, -0.2) is 4.79 Å². The van der Waals surface area contributed by atoms with Crippen LogP contribution in [0.15, 0.2) is 65.8 Å². The van der Waals surface area contributed by atoms with Crippen molar-refractivity contribution in [1.82, 2.24) is 0 Å². The van der Waals surface area contributed by atoms with Crippen LogP contribution < -0.4 is 19.7 Å². The number of fused-ring (bicyclic) bond motifs is 2. The Morgan fingerprint density at radius 3 is 2.34 bits per heavy atom. The van der Waals surface area contributed by atoms with Gasteiger partial charge in [-0.2, -0.15) is 0 Å². The standard InChI is InChI=1S/C34H33ClF3N3O6/c1-32(2,31(43)44)47-40-28(19-4-5-19)21-14-23(16-25(15-21)45-3)39-29(20-6-8-22(35)9-7-20)30(42)41-18-33(12-13-33)26-11-10-24(17-27(26)41)46-34(36,37)38/h6-11,14-17,19,29,39H,4-5,12-13,18H2,1-3H3,(H,43,44). The number of oxime groups is 1. The highest BCUT2D eigenvalue weighted by molar-refractivity contribution is 6.30. The van der Waals surface area contributed by atoms with Crippen molar-refractivity contribution in [2.45, 2.75) is 63.0 Å². The maximum atomic E-state index is 14.5. The minimum absolute atomic E-state index is 0.0530. The fourth-order valence-electron chi connectivity index (χ4n) is 5.76. The van der Waals surface area contributed by atoms with Gasteiger partial charge in [0.1, 0.15) is 17.5 Å². The molecule has 2 aliphatic carbocycles. The van der Waals surface area contributed by atoms with E-state index in [-0.39, 0.29) is 17.2 Å². The molecule has 1 amide bonds. The molecule has 13 heteroatoms. The van der Waals surface area contributed by atoms with Crippen molar-refractivity contribution in [1.29, 1.82) is 0 Å². The van der Waals surface area contributed by atoms with E-state index in [9.17, 15) is 27.9 Å². The van der Waals surface area contributed by atoms with Gasteiger partial charge in [0.25, 0.3) is 5.91 Å². The number of carboxylic acids is 1. The SMILES string of the molecule is COc1cc(NC(C(=O)N2CC3(CC3)c3ccc(OC(F)(F)F)cc32)c2ccc(Cl)cc2)cc(C(=NOC(C)(C)C(=O)O)C2CC2)c1. The maximum absolute atomic E-state index is 14.5. The average Bonchev–Trinajstić information content (AvgIpc) is 3.94. The largest absolute Gasteiger partial charge is 0.573 e. The third kappa shape index (κ3) is 6.97. The van der Waals surface area contributed by atoms with Gasteiger partial charge in [-0.05, 0) is 81.0 Å². The van der Waals surface area contributed by atoms with Crippen molar-refractivity contribution < 1.29 is 42.2 Å². The molecule has 3 aliphatic rings. The van der Waals surface area contributed by atoms with Gasteiger partial charge in [-0.1, -0.05) is 35.0 Å². The van der Waals surface area contributed by atoms with Crippen LogP contribution in [0, 0.1) is 5.92 Å². The minimum atomic E-state index is -4.88. The number of carbonyl (C=O) groups excluding carboxylic acids is 1. The Kier molecular flexibility index (Phi) is 8.27. The number of carboxylic acid groups (broad SMARTS) is 1. The highest BCUT2D eigenvalue weighted by Gasteiger charge is 2.54. The Morgan fingerprint density at radius 1 is 1.04 bits per heavy atom. The van der Waals surface area contributed by atoms with Crippen LogP contribution in [0.5, 0.6) is 11.5 Å². The number of rotatable bonds is 11. The fraction of sp³-hybridized carbons (Fsp3) is 0.382. The number of hydrogen-bond donors (Lipinski definition) is 2. The molecule has 1 heterocycles. The topological polar surface area (TPSA) is 110 Å². The Morgan fingerprint density at radius 2 is 1.74 bits per heavy atom. The van der Waals surface area contributed by atoms with Crippen molar-refractivity contribution >= 4 is 40.6 Å². The minimum Gasteiger partial charge on any atom is -0.497 e. The number of halogens is 4. The van der Waals surface area contributed by atoms with Gasteiger partial charge in [-0.3, -0.25) is 4.79 Å². The lowest BCUT2D eigenvalue weighted by molar-refractivity contribution is -0.274. The Bertz CT molecular complexity index is 1740. The van der Waals surface area contributed by atoms with E-state index in [2.05, 4.69) is 15.2 Å². The summed E-state index contributed by atoms with van der Waals surface area (Å²) < 4.78 is 49.1. The van der Waals surface area contributed by atoms with E-state index in [0.29, 0.717) is 45.5 Å². The second-order valence-electron chi connectivity index (χ2n) is 12.7. The first kappa shape index (κ1) is 32.5. The summed E-state index contributed by atoms with van der Waals surface area (Å²) in [5.41, 5.74) is 1.57. The zero-order chi connectivity index (χ0) is 33.7. The first-order chi connectivity index (χ1) is 22.2. The molecule has 2 N–H and O–H groups in total. The number of methoxy groups -OCH3 is 1. The molecule has 1 aliphatic heterocycles.